The number of halogens is 1. The van der Waals surface area contributed by atoms with E-state index in [0.717, 1.165) is 31.2 Å². The van der Waals surface area contributed by atoms with Gasteiger partial charge in [-0.15, -0.1) is 0 Å². The van der Waals surface area contributed by atoms with Crippen molar-refractivity contribution in [1.29, 1.82) is 0 Å². The number of hydrogen-bond donors (Lipinski definition) is 1. The fourth-order valence-corrected chi connectivity index (χ4v) is 4.68. The maximum atomic E-state index is 13.6. The molecule has 0 radical (unpaired) electrons. The van der Waals surface area contributed by atoms with E-state index < -0.39 is 11.5 Å². The molecule has 1 aromatic heterocycles. The number of benzene rings is 1. The van der Waals surface area contributed by atoms with Crippen molar-refractivity contribution >= 4 is 29.4 Å². The third-order valence-electron chi connectivity index (χ3n) is 6.47. The molecule has 176 valence electrons. The second-order valence-electron chi connectivity index (χ2n) is 8.89. The molecule has 0 spiro atoms. The van der Waals surface area contributed by atoms with Crippen molar-refractivity contribution in [3.05, 3.63) is 52.3 Å². The number of aromatic nitrogens is 2. The summed E-state index contributed by atoms with van der Waals surface area (Å²) in [4.78, 5) is 41.0. The molecule has 1 aromatic carbocycles. The highest BCUT2D eigenvalue weighted by Gasteiger charge is 2.48. The maximum Gasteiger partial charge on any atom is 0.358 e. The lowest BCUT2D eigenvalue weighted by Crippen LogP contribution is -2.64. The molecule has 33 heavy (non-hydrogen) atoms. The fraction of sp³-hybridized carbons (Fsp3) is 0.500. The van der Waals surface area contributed by atoms with Gasteiger partial charge in [0.1, 0.15) is 11.2 Å². The molecule has 1 N–H and O–H groups in total. The molecule has 0 unspecified atom stereocenters. The number of carbonyl (C=O) groups is 3. The lowest BCUT2D eigenvalue weighted by Gasteiger charge is -2.44. The molecule has 1 aliphatic carbocycles. The summed E-state index contributed by atoms with van der Waals surface area (Å²) in [7, 11) is 0. The minimum absolute atomic E-state index is 0.0589. The zero-order valence-electron chi connectivity index (χ0n) is 19.0. The Labute approximate surface area is 198 Å². The molecule has 1 fully saturated rings. The van der Waals surface area contributed by atoms with Gasteiger partial charge in [0.05, 0.1) is 13.2 Å². The summed E-state index contributed by atoms with van der Waals surface area (Å²) in [6.07, 6.45) is 5.22. The van der Waals surface area contributed by atoms with Crippen LogP contribution in [-0.4, -0.2) is 50.7 Å². The van der Waals surface area contributed by atoms with E-state index in [4.69, 9.17) is 16.3 Å². The van der Waals surface area contributed by atoms with Crippen LogP contribution in [0.1, 0.15) is 72.5 Å². The van der Waals surface area contributed by atoms with Gasteiger partial charge in [-0.25, -0.2) is 4.79 Å². The predicted molar refractivity (Wildman–Crippen MR) is 123 cm³/mol. The average molecular weight is 473 g/mol. The monoisotopic (exact) mass is 472 g/mol. The highest BCUT2D eigenvalue weighted by Crippen LogP contribution is 2.30. The molecule has 2 amide bonds. The summed E-state index contributed by atoms with van der Waals surface area (Å²) < 4.78 is 6.49. The molecule has 0 bridgehead atoms. The van der Waals surface area contributed by atoms with Crippen LogP contribution in [0.3, 0.4) is 0 Å². The number of ether oxygens (including phenoxy) is 1. The Morgan fingerprint density at radius 1 is 1.21 bits per heavy atom. The third-order valence-corrected chi connectivity index (χ3v) is 6.72. The van der Waals surface area contributed by atoms with Gasteiger partial charge in [0.2, 0.25) is 5.91 Å². The summed E-state index contributed by atoms with van der Waals surface area (Å²) in [6.45, 7) is 4.04. The largest absolute Gasteiger partial charge is 0.461 e. The molecular weight excluding hydrogens is 444 g/mol. The van der Waals surface area contributed by atoms with Crippen LogP contribution in [0, 0.1) is 0 Å². The lowest BCUT2D eigenvalue weighted by molar-refractivity contribution is -0.134. The van der Waals surface area contributed by atoms with Crippen LogP contribution in [0.5, 0.6) is 0 Å². The second kappa shape index (κ2) is 9.55. The van der Waals surface area contributed by atoms with Gasteiger partial charge >= 0.3 is 5.97 Å². The Balaban J connectivity index is 1.68. The van der Waals surface area contributed by atoms with E-state index in [0.29, 0.717) is 5.02 Å². The Morgan fingerprint density at radius 2 is 1.91 bits per heavy atom. The second-order valence-corrected chi connectivity index (χ2v) is 9.33. The summed E-state index contributed by atoms with van der Waals surface area (Å²) in [5.41, 5.74) is -0.0133. The average Bonchev–Trinajstić information content (AvgIpc) is 3.23. The van der Waals surface area contributed by atoms with Gasteiger partial charge < -0.3 is 15.0 Å². The van der Waals surface area contributed by atoms with Crippen molar-refractivity contribution in [2.75, 3.05) is 6.61 Å². The van der Waals surface area contributed by atoms with Crippen LogP contribution in [-0.2, 0) is 22.6 Å². The van der Waals surface area contributed by atoms with Crippen LogP contribution in [0.15, 0.2) is 30.3 Å². The molecule has 2 aliphatic rings. The zero-order chi connectivity index (χ0) is 23.6. The van der Waals surface area contributed by atoms with Gasteiger partial charge in [0.15, 0.2) is 5.69 Å². The molecule has 8 nitrogen and oxygen atoms in total. The Bertz CT molecular complexity index is 1050. The van der Waals surface area contributed by atoms with Gasteiger partial charge in [-0.2, -0.15) is 5.10 Å². The number of nitrogens with zero attached hydrogens (tertiary/aromatic N) is 3. The van der Waals surface area contributed by atoms with Crippen molar-refractivity contribution in [2.24, 2.45) is 0 Å². The van der Waals surface area contributed by atoms with Crippen molar-refractivity contribution in [1.82, 2.24) is 20.0 Å². The Hall–Kier alpha value is -2.87. The van der Waals surface area contributed by atoms with Gasteiger partial charge in [0, 0.05) is 23.7 Å². The van der Waals surface area contributed by atoms with Crippen LogP contribution in [0.2, 0.25) is 5.02 Å². The number of carbonyl (C=O) groups excluding carboxylic acids is 3. The number of hydrogen-bond acceptors (Lipinski definition) is 5. The van der Waals surface area contributed by atoms with Crippen molar-refractivity contribution in [2.45, 2.75) is 70.6 Å². The smallest absolute Gasteiger partial charge is 0.358 e. The summed E-state index contributed by atoms with van der Waals surface area (Å²) in [6, 6.07) is 8.73. The van der Waals surface area contributed by atoms with Gasteiger partial charge in [0.25, 0.3) is 5.91 Å². The van der Waals surface area contributed by atoms with E-state index in [1.54, 1.807) is 30.9 Å². The number of rotatable bonds is 6. The molecule has 4 rings (SSSR count). The maximum absolute atomic E-state index is 13.6. The summed E-state index contributed by atoms with van der Waals surface area (Å²) in [5, 5.41) is 8.06. The van der Waals surface area contributed by atoms with Crippen LogP contribution < -0.4 is 5.32 Å². The molecule has 2 heterocycles. The first-order valence-electron chi connectivity index (χ1n) is 11.4. The summed E-state index contributed by atoms with van der Waals surface area (Å²) in [5.74, 6) is -1.17. The highest BCUT2D eigenvalue weighted by atomic mass is 35.5. The zero-order valence-corrected chi connectivity index (χ0v) is 19.7. The van der Waals surface area contributed by atoms with E-state index in [1.807, 2.05) is 12.1 Å². The fourth-order valence-electron chi connectivity index (χ4n) is 4.55. The molecular formula is C24H29ClN4O4. The third kappa shape index (κ3) is 4.76. The standard InChI is InChI=1S/C24H29ClN4O4/c1-3-33-22(31)19-13-20-21(30)28(14-16-9-11-17(25)12-10-16)24(2,15-29(20)27-19)23(32)26-18-7-5-4-6-8-18/h9-13,18H,3-8,14-15H2,1-2H3,(H,26,32)/t24-/m1/s1. The Morgan fingerprint density at radius 3 is 2.58 bits per heavy atom. The van der Waals surface area contributed by atoms with Crippen LogP contribution >= 0.6 is 11.6 Å². The number of fused-ring (bicyclic) bond motifs is 1. The van der Waals surface area contributed by atoms with Crippen molar-refractivity contribution < 1.29 is 19.1 Å². The van der Waals surface area contributed by atoms with Gasteiger partial charge in [-0.1, -0.05) is 43.0 Å². The normalized spacial score (nSPS) is 20.9. The molecule has 2 aromatic rings. The van der Waals surface area contributed by atoms with Gasteiger partial charge in [-0.3, -0.25) is 14.3 Å². The van der Waals surface area contributed by atoms with E-state index in [-0.39, 0.29) is 48.9 Å². The minimum Gasteiger partial charge on any atom is -0.461 e. The first kappa shape index (κ1) is 23.3. The van der Waals surface area contributed by atoms with Crippen molar-refractivity contribution in [3.63, 3.8) is 0 Å². The SMILES string of the molecule is CCOC(=O)c1cc2n(n1)C[C@](C)(C(=O)NC1CCCCC1)N(Cc1ccc(Cl)cc1)C2=O. The molecule has 9 heteroatoms. The molecule has 1 atom stereocenters. The first-order chi connectivity index (χ1) is 15.8. The summed E-state index contributed by atoms with van der Waals surface area (Å²) >= 11 is 6.02. The number of nitrogens with one attached hydrogen (secondary N) is 1. The molecule has 1 saturated carbocycles. The van der Waals surface area contributed by atoms with Crippen LogP contribution in [0.4, 0.5) is 0 Å². The lowest BCUT2D eigenvalue weighted by atomic mass is 9.91. The predicted octanol–water partition coefficient (Wildman–Crippen LogP) is 3.58. The Kier molecular flexibility index (Phi) is 6.74. The first-order valence-corrected chi connectivity index (χ1v) is 11.8. The topological polar surface area (TPSA) is 93.5 Å². The van der Waals surface area contributed by atoms with E-state index in [2.05, 4.69) is 10.4 Å². The number of amides is 2. The molecule has 0 saturated heterocycles. The number of esters is 1. The van der Waals surface area contributed by atoms with E-state index in [9.17, 15) is 14.4 Å². The van der Waals surface area contributed by atoms with Crippen molar-refractivity contribution in [3.8, 4) is 0 Å². The minimum atomic E-state index is -1.18. The quantitative estimate of drug-likeness (QED) is 0.648. The van der Waals surface area contributed by atoms with Gasteiger partial charge in [-0.05, 0) is 44.4 Å². The highest BCUT2D eigenvalue weighted by molar-refractivity contribution is 6.30. The van der Waals surface area contributed by atoms with Crippen LogP contribution in [0.25, 0.3) is 0 Å². The van der Waals surface area contributed by atoms with E-state index in [1.165, 1.54) is 17.2 Å². The van der Waals surface area contributed by atoms with E-state index >= 15 is 0 Å². The molecule has 1 aliphatic heterocycles.